The number of rotatable bonds is 6. The number of carbonyl (C=O) groups excluding carboxylic acids is 2. The van der Waals surface area contributed by atoms with Crippen molar-refractivity contribution < 1.29 is 23.5 Å². The van der Waals surface area contributed by atoms with E-state index in [0.29, 0.717) is 22.7 Å². The number of hydrogen-bond acceptors (Lipinski definition) is 7. The number of methoxy groups -OCH3 is 2. The van der Waals surface area contributed by atoms with Gasteiger partial charge in [0.15, 0.2) is 16.7 Å². The van der Waals surface area contributed by atoms with Crippen molar-refractivity contribution in [3.8, 4) is 11.5 Å². The lowest BCUT2D eigenvalue weighted by Gasteiger charge is -2.17. The highest BCUT2D eigenvalue weighted by Gasteiger charge is 2.41. The number of hydrogen-bond donors (Lipinski definition) is 1. The molecule has 0 aliphatic carbocycles. The first kappa shape index (κ1) is 22.3. The molecule has 0 spiro atoms. The van der Waals surface area contributed by atoms with Crippen molar-refractivity contribution in [2.45, 2.75) is 18.6 Å². The number of halogens is 1. The van der Waals surface area contributed by atoms with E-state index in [0.717, 1.165) is 16.7 Å². The van der Waals surface area contributed by atoms with Crippen LogP contribution in [0.5, 0.6) is 11.5 Å². The van der Waals surface area contributed by atoms with Crippen LogP contribution in [0.3, 0.4) is 0 Å². The Morgan fingerprint density at radius 2 is 1.84 bits per heavy atom. The third-order valence-corrected chi connectivity index (χ3v) is 5.54. The second-order valence-corrected chi connectivity index (χ2v) is 7.75. The van der Waals surface area contributed by atoms with E-state index in [2.05, 4.69) is 10.2 Å². The smallest absolute Gasteiger partial charge is 0.248 e. The molecule has 2 N–H and O–H groups in total. The van der Waals surface area contributed by atoms with Gasteiger partial charge in [0.05, 0.1) is 25.6 Å². The predicted octanol–water partition coefficient (Wildman–Crippen LogP) is 2.95. The van der Waals surface area contributed by atoms with Gasteiger partial charge in [-0.2, -0.15) is 5.10 Å². The molecule has 0 aromatic heterocycles. The molecule has 0 bridgehead atoms. The normalized spacial score (nSPS) is 17.3. The number of benzene rings is 2. The summed E-state index contributed by atoms with van der Waals surface area (Å²) in [6.45, 7) is 1.65. The van der Waals surface area contributed by atoms with E-state index in [4.69, 9.17) is 15.2 Å². The van der Waals surface area contributed by atoms with Crippen LogP contribution in [-0.4, -0.2) is 42.2 Å². The zero-order chi connectivity index (χ0) is 22.5. The molecule has 31 heavy (non-hydrogen) atoms. The summed E-state index contributed by atoms with van der Waals surface area (Å²) >= 11 is 0.951. The molecule has 0 radical (unpaired) electrons. The van der Waals surface area contributed by atoms with Crippen LogP contribution in [0, 0.1) is 5.82 Å². The van der Waals surface area contributed by atoms with Gasteiger partial charge in [-0.15, -0.1) is 5.10 Å². The van der Waals surface area contributed by atoms with Gasteiger partial charge in [-0.05, 0) is 37.3 Å². The molecule has 1 aliphatic heterocycles. The van der Waals surface area contributed by atoms with Crippen molar-refractivity contribution in [1.82, 2.24) is 0 Å². The number of ether oxygens (including phenoxy) is 2. The first-order valence-corrected chi connectivity index (χ1v) is 10.1. The molecule has 8 nitrogen and oxygen atoms in total. The highest BCUT2D eigenvalue weighted by Crippen LogP contribution is 2.35. The van der Waals surface area contributed by atoms with Crippen LogP contribution in [0.4, 0.5) is 10.1 Å². The van der Waals surface area contributed by atoms with Crippen LogP contribution >= 0.6 is 11.8 Å². The zero-order valence-corrected chi connectivity index (χ0v) is 18.0. The quantitative estimate of drug-likeness (QED) is 0.318. The van der Waals surface area contributed by atoms with Crippen LogP contribution in [0.25, 0.3) is 0 Å². The number of nitrogens with two attached hydrogens (primary N) is 1. The summed E-state index contributed by atoms with van der Waals surface area (Å²) in [5.74, 6) is -0.737. The van der Waals surface area contributed by atoms with Crippen molar-refractivity contribution in [3.63, 3.8) is 0 Å². The molecule has 1 aliphatic rings. The van der Waals surface area contributed by atoms with E-state index >= 15 is 0 Å². The van der Waals surface area contributed by atoms with E-state index in [1.807, 2.05) is 0 Å². The average Bonchev–Trinajstić information content (AvgIpc) is 3.04. The Balaban J connectivity index is 1.73. The van der Waals surface area contributed by atoms with Crippen LogP contribution in [0.2, 0.25) is 0 Å². The largest absolute Gasteiger partial charge is 0.495 e. The molecule has 2 aromatic carbocycles. The summed E-state index contributed by atoms with van der Waals surface area (Å²) < 4.78 is 24.0. The molecule has 1 saturated heterocycles. The minimum absolute atomic E-state index is 0.0151. The van der Waals surface area contributed by atoms with Gasteiger partial charge in [0.25, 0.3) is 0 Å². The summed E-state index contributed by atoms with van der Waals surface area (Å²) in [5, 5.41) is 7.20. The van der Waals surface area contributed by atoms with E-state index in [-0.39, 0.29) is 23.2 Å². The predicted molar refractivity (Wildman–Crippen MR) is 118 cm³/mol. The van der Waals surface area contributed by atoms with Crippen molar-refractivity contribution in [2.75, 3.05) is 19.1 Å². The van der Waals surface area contributed by atoms with E-state index in [1.165, 1.54) is 26.4 Å². The standard InChI is InChI=1S/C21H21FN4O4S/c1-12(13-8-9-16(29-2)14(22)10-13)24-25-21(23)31-18-11-19(27)26(20(18)28)15-6-4-5-7-17(15)30-3/h4-10,18H,11H2,1-3H3,(H2,23,25)/b24-12-/t18-/m1/s1. The molecule has 1 fully saturated rings. The Morgan fingerprint density at radius 1 is 1.13 bits per heavy atom. The van der Waals surface area contributed by atoms with Gasteiger partial charge in [0.1, 0.15) is 11.0 Å². The Labute approximate surface area is 182 Å². The second kappa shape index (κ2) is 9.61. The molecule has 0 unspecified atom stereocenters. The summed E-state index contributed by atoms with van der Waals surface area (Å²) in [5.41, 5.74) is 7.23. The fraction of sp³-hybridized carbons (Fsp3) is 0.238. The minimum atomic E-state index is -0.727. The molecule has 1 heterocycles. The molecule has 2 amide bonds. The average molecular weight is 444 g/mol. The fourth-order valence-electron chi connectivity index (χ4n) is 3.01. The lowest BCUT2D eigenvalue weighted by molar-refractivity contribution is -0.121. The number of para-hydroxylation sites is 2. The highest BCUT2D eigenvalue weighted by molar-refractivity contribution is 8.14. The maximum absolute atomic E-state index is 13.9. The van der Waals surface area contributed by atoms with Gasteiger partial charge in [0, 0.05) is 12.0 Å². The fourth-order valence-corrected chi connectivity index (χ4v) is 3.82. The first-order chi connectivity index (χ1) is 14.8. The van der Waals surface area contributed by atoms with Crippen LogP contribution in [-0.2, 0) is 9.59 Å². The summed E-state index contributed by atoms with van der Waals surface area (Å²) in [6, 6.07) is 11.2. The molecule has 162 valence electrons. The Hall–Kier alpha value is -3.40. The number of amidine groups is 1. The third kappa shape index (κ3) is 4.85. The van der Waals surface area contributed by atoms with Crippen molar-refractivity contribution in [2.24, 2.45) is 15.9 Å². The SMILES string of the molecule is COc1ccc(/C(C)=N\N=C(N)S[C@@H]2CC(=O)N(c3ccccc3OC)C2=O)cc1F. The third-order valence-electron chi connectivity index (χ3n) is 4.56. The van der Waals surface area contributed by atoms with Crippen LogP contribution in [0.1, 0.15) is 18.9 Å². The monoisotopic (exact) mass is 444 g/mol. The van der Waals surface area contributed by atoms with E-state index in [1.54, 1.807) is 37.3 Å². The first-order valence-electron chi connectivity index (χ1n) is 9.23. The molecule has 0 saturated carbocycles. The molecular weight excluding hydrogens is 423 g/mol. The zero-order valence-electron chi connectivity index (χ0n) is 17.2. The molecular formula is C21H21FN4O4S. The maximum Gasteiger partial charge on any atom is 0.248 e. The molecule has 2 aromatic rings. The van der Waals surface area contributed by atoms with Gasteiger partial charge in [-0.1, -0.05) is 23.9 Å². The van der Waals surface area contributed by atoms with Gasteiger partial charge in [-0.3, -0.25) is 9.59 Å². The highest BCUT2D eigenvalue weighted by atomic mass is 32.2. The second-order valence-electron chi connectivity index (χ2n) is 6.52. The minimum Gasteiger partial charge on any atom is -0.495 e. The van der Waals surface area contributed by atoms with Crippen molar-refractivity contribution >= 4 is 40.1 Å². The maximum atomic E-state index is 13.9. The molecule has 3 rings (SSSR count). The Bertz CT molecular complexity index is 1070. The van der Waals surface area contributed by atoms with E-state index in [9.17, 15) is 14.0 Å². The lowest BCUT2D eigenvalue weighted by Crippen LogP contribution is -2.32. The van der Waals surface area contributed by atoms with Gasteiger partial charge >= 0.3 is 0 Å². The van der Waals surface area contributed by atoms with Crippen molar-refractivity contribution in [3.05, 3.63) is 53.8 Å². The molecule has 1 atom stereocenters. The number of amides is 2. The molecule has 10 heteroatoms. The summed E-state index contributed by atoms with van der Waals surface area (Å²) in [6.07, 6.45) is -0.0237. The number of carbonyl (C=O) groups is 2. The van der Waals surface area contributed by atoms with Gasteiger partial charge < -0.3 is 15.2 Å². The number of anilines is 1. The topological polar surface area (TPSA) is 107 Å². The lowest BCUT2D eigenvalue weighted by atomic mass is 10.1. The summed E-state index contributed by atoms with van der Waals surface area (Å²) in [7, 11) is 2.85. The summed E-state index contributed by atoms with van der Waals surface area (Å²) in [4.78, 5) is 26.4. The van der Waals surface area contributed by atoms with Crippen molar-refractivity contribution in [1.29, 1.82) is 0 Å². The number of imide groups is 1. The van der Waals surface area contributed by atoms with Crippen LogP contribution in [0.15, 0.2) is 52.7 Å². The Kier molecular flexibility index (Phi) is 6.91. The van der Waals surface area contributed by atoms with E-state index < -0.39 is 17.0 Å². The van der Waals surface area contributed by atoms with Gasteiger partial charge in [-0.25, -0.2) is 9.29 Å². The number of nitrogens with zero attached hydrogens (tertiary/aromatic N) is 3. The van der Waals surface area contributed by atoms with Gasteiger partial charge in [0.2, 0.25) is 11.8 Å². The van der Waals surface area contributed by atoms with Crippen LogP contribution < -0.4 is 20.1 Å². The Morgan fingerprint density at radius 3 is 2.52 bits per heavy atom. The number of thioether (sulfide) groups is 1.